The number of likely N-dealkylation sites (tertiary alicyclic amines) is 1. The van der Waals surface area contributed by atoms with Gasteiger partial charge in [-0.15, -0.1) is 0 Å². The summed E-state index contributed by atoms with van der Waals surface area (Å²) >= 11 is 0. The van der Waals surface area contributed by atoms with Crippen LogP contribution in [0.25, 0.3) is 0 Å². The zero-order valence-electron chi connectivity index (χ0n) is 11.7. The Morgan fingerprint density at radius 1 is 1.39 bits per heavy atom. The van der Waals surface area contributed by atoms with Crippen LogP contribution in [0.2, 0.25) is 0 Å². The molecule has 2 rings (SSSR count). The maximum absolute atomic E-state index is 12.3. The summed E-state index contributed by atoms with van der Waals surface area (Å²) in [6, 6.07) is 0. The molecule has 100 valence electrons. The summed E-state index contributed by atoms with van der Waals surface area (Å²) in [4.78, 5) is 18.8. The predicted molar refractivity (Wildman–Crippen MR) is 70.5 cm³/mol. The van der Waals surface area contributed by atoms with Gasteiger partial charge in [0.1, 0.15) is 5.69 Å². The number of imidazole rings is 1. The molecule has 2 heterocycles. The van der Waals surface area contributed by atoms with E-state index in [0.717, 1.165) is 31.6 Å². The molecule has 1 aliphatic rings. The number of carbonyl (C=O) groups excluding carboxylic acids is 1. The maximum atomic E-state index is 12.3. The first-order valence-corrected chi connectivity index (χ1v) is 6.40. The molecule has 0 radical (unpaired) electrons. The van der Waals surface area contributed by atoms with Gasteiger partial charge in [0.05, 0.1) is 12.0 Å². The van der Waals surface area contributed by atoms with Crippen LogP contribution in [0.1, 0.15) is 35.9 Å². The van der Waals surface area contributed by atoms with Gasteiger partial charge in [0.15, 0.2) is 0 Å². The maximum Gasteiger partial charge on any atom is 0.270 e. The molecule has 5 nitrogen and oxygen atoms in total. The lowest BCUT2D eigenvalue weighted by atomic mass is 9.89. The van der Waals surface area contributed by atoms with Crippen molar-refractivity contribution in [3.63, 3.8) is 0 Å². The van der Waals surface area contributed by atoms with E-state index in [-0.39, 0.29) is 11.4 Å². The summed E-state index contributed by atoms with van der Waals surface area (Å²) in [5, 5.41) is 3.17. The highest BCUT2D eigenvalue weighted by Crippen LogP contribution is 2.21. The second-order valence-corrected chi connectivity index (χ2v) is 5.61. The lowest BCUT2D eigenvalue weighted by Crippen LogP contribution is -2.53. The van der Waals surface area contributed by atoms with Gasteiger partial charge < -0.3 is 14.8 Å². The summed E-state index contributed by atoms with van der Waals surface area (Å²) in [5.41, 5.74) is 1.35. The summed E-state index contributed by atoms with van der Waals surface area (Å²) < 4.78 is 1.78. The average molecular weight is 250 g/mol. The highest BCUT2D eigenvalue weighted by molar-refractivity contribution is 5.94. The molecule has 1 amide bonds. The van der Waals surface area contributed by atoms with Crippen LogP contribution in [-0.4, -0.2) is 46.0 Å². The smallest absolute Gasteiger partial charge is 0.270 e. The fraction of sp³-hybridized carbons (Fsp3) is 0.692. The molecule has 1 aliphatic heterocycles. The SMILES string of the molecule is Cc1ncn(C)c1C(=O)NC1(C)CCN(C)CC1. The van der Waals surface area contributed by atoms with E-state index in [2.05, 4.69) is 29.2 Å². The Morgan fingerprint density at radius 2 is 2.00 bits per heavy atom. The van der Waals surface area contributed by atoms with Crippen LogP contribution in [0.3, 0.4) is 0 Å². The van der Waals surface area contributed by atoms with Crippen molar-refractivity contribution in [2.45, 2.75) is 32.2 Å². The predicted octanol–water partition coefficient (Wildman–Crippen LogP) is 0.943. The van der Waals surface area contributed by atoms with E-state index >= 15 is 0 Å². The van der Waals surface area contributed by atoms with Crippen LogP contribution in [0.5, 0.6) is 0 Å². The van der Waals surface area contributed by atoms with E-state index in [1.54, 1.807) is 10.9 Å². The van der Waals surface area contributed by atoms with Gasteiger partial charge in [-0.05, 0) is 33.7 Å². The number of nitrogens with zero attached hydrogens (tertiary/aromatic N) is 3. The molecule has 18 heavy (non-hydrogen) atoms. The molecule has 0 unspecified atom stereocenters. The van der Waals surface area contributed by atoms with Crippen molar-refractivity contribution in [2.75, 3.05) is 20.1 Å². The Hall–Kier alpha value is -1.36. The minimum atomic E-state index is -0.0969. The topological polar surface area (TPSA) is 50.2 Å². The largest absolute Gasteiger partial charge is 0.345 e. The van der Waals surface area contributed by atoms with Gasteiger partial charge in [0.2, 0.25) is 0 Å². The second-order valence-electron chi connectivity index (χ2n) is 5.61. The number of nitrogens with one attached hydrogen (secondary N) is 1. The molecule has 1 aromatic rings. The van der Waals surface area contributed by atoms with Crippen molar-refractivity contribution in [2.24, 2.45) is 7.05 Å². The van der Waals surface area contributed by atoms with Crippen molar-refractivity contribution in [3.8, 4) is 0 Å². The molecule has 0 saturated carbocycles. The highest BCUT2D eigenvalue weighted by Gasteiger charge is 2.31. The Kier molecular flexibility index (Phi) is 3.43. The lowest BCUT2D eigenvalue weighted by Gasteiger charge is -2.38. The zero-order chi connectivity index (χ0) is 13.3. The van der Waals surface area contributed by atoms with E-state index in [1.165, 1.54) is 0 Å². The van der Waals surface area contributed by atoms with Crippen LogP contribution in [0.4, 0.5) is 0 Å². The highest BCUT2D eigenvalue weighted by atomic mass is 16.2. The Balaban J connectivity index is 2.08. The Morgan fingerprint density at radius 3 is 2.50 bits per heavy atom. The molecule has 1 saturated heterocycles. The van der Waals surface area contributed by atoms with E-state index in [1.807, 2.05) is 14.0 Å². The number of aromatic nitrogens is 2. The zero-order valence-corrected chi connectivity index (χ0v) is 11.7. The molecule has 1 fully saturated rings. The van der Waals surface area contributed by atoms with Crippen molar-refractivity contribution in [3.05, 3.63) is 17.7 Å². The molecule has 0 aliphatic carbocycles. The van der Waals surface area contributed by atoms with Crippen molar-refractivity contribution < 1.29 is 4.79 Å². The molecular formula is C13H22N4O. The first-order chi connectivity index (χ1) is 8.41. The summed E-state index contributed by atoms with van der Waals surface area (Å²) in [6.07, 6.45) is 3.67. The third kappa shape index (κ3) is 2.56. The fourth-order valence-corrected chi connectivity index (χ4v) is 2.44. The van der Waals surface area contributed by atoms with Gasteiger partial charge in [-0.25, -0.2) is 4.98 Å². The minimum Gasteiger partial charge on any atom is -0.345 e. The standard InChI is InChI=1S/C13H22N4O/c1-10-11(17(4)9-14-10)12(18)15-13(2)5-7-16(3)8-6-13/h9H,5-8H2,1-4H3,(H,15,18). The third-order valence-corrected chi connectivity index (χ3v) is 3.84. The van der Waals surface area contributed by atoms with Crippen molar-refractivity contribution in [1.82, 2.24) is 19.8 Å². The van der Waals surface area contributed by atoms with Gasteiger partial charge in [0, 0.05) is 25.7 Å². The molecule has 5 heteroatoms. The summed E-state index contributed by atoms with van der Waals surface area (Å²) in [7, 11) is 3.97. The quantitative estimate of drug-likeness (QED) is 0.850. The Bertz CT molecular complexity index is 424. The molecule has 1 N–H and O–H groups in total. The van der Waals surface area contributed by atoms with Crippen LogP contribution < -0.4 is 5.32 Å². The van der Waals surface area contributed by atoms with Crippen LogP contribution in [0.15, 0.2) is 6.33 Å². The van der Waals surface area contributed by atoms with Crippen molar-refractivity contribution in [1.29, 1.82) is 0 Å². The Labute approximate surface area is 108 Å². The van der Waals surface area contributed by atoms with E-state index in [9.17, 15) is 4.79 Å². The summed E-state index contributed by atoms with van der Waals surface area (Å²) in [6.45, 7) is 6.05. The van der Waals surface area contributed by atoms with Crippen LogP contribution in [-0.2, 0) is 7.05 Å². The molecule has 0 spiro atoms. The van der Waals surface area contributed by atoms with Gasteiger partial charge in [-0.3, -0.25) is 4.79 Å². The normalized spacial score (nSPS) is 19.8. The van der Waals surface area contributed by atoms with E-state index < -0.39 is 0 Å². The lowest BCUT2D eigenvalue weighted by molar-refractivity contribution is 0.0843. The molecule has 0 bridgehead atoms. The first-order valence-electron chi connectivity index (χ1n) is 6.40. The number of hydrogen-bond acceptors (Lipinski definition) is 3. The van der Waals surface area contributed by atoms with Crippen molar-refractivity contribution >= 4 is 5.91 Å². The number of amides is 1. The number of aryl methyl sites for hydroxylation is 2. The average Bonchev–Trinajstić information content (AvgIpc) is 2.63. The van der Waals surface area contributed by atoms with Gasteiger partial charge >= 0.3 is 0 Å². The molecular weight excluding hydrogens is 228 g/mol. The molecule has 0 aromatic carbocycles. The van der Waals surface area contributed by atoms with E-state index in [0.29, 0.717) is 5.69 Å². The number of carbonyl (C=O) groups is 1. The molecule has 0 atom stereocenters. The number of piperidine rings is 1. The third-order valence-electron chi connectivity index (χ3n) is 3.84. The molecule has 1 aromatic heterocycles. The van der Waals surface area contributed by atoms with E-state index in [4.69, 9.17) is 0 Å². The summed E-state index contributed by atoms with van der Waals surface area (Å²) in [5.74, 6) is -0.0143. The van der Waals surface area contributed by atoms with Crippen LogP contribution >= 0.6 is 0 Å². The minimum absolute atomic E-state index is 0.0143. The van der Waals surface area contributed by atoms with Gasteiger partial charge in [-0.2, -0.15) is 0 Å². The van der Waals surface area contributed by atoms with Gasteiger partial charge in [-0.1, -0.05) is 0 Å². The monoisotopic (exact) mass is 250 g/mol. The number of rotatable bonds is 2. The fourth-order valence-electron chi connectivity index (χ4n) is 2.44. The second kappa shape index (κ2) is 4.72. The van der Waals surface area contributed by atoms with Gasteiger partial charge in [0.25, 0.3) is 5.91 Å². The first kappa shape index (κ1) is 13.1. The number of hydrogen-bond donors (Lipinski definition) is 1. The van der Waals surface area contributed by atoms with Crippen LogP contribution in [0, 0.1) is 6.92 Å².